The molecule has 0 saturated carbocycles. The molecular formula is C10H10F4O. The van der Waals surface area contributed by atoms with E-state index in [1.54, 1.807) is 6.92 Å². The summed E-state index contributed by atoms with van der Waals surface area (Å²) in [5, 5.41) is 0. The Balaban J connectivity index is 2.84. The van der Waals surface area contributed by atoms with E-state index in [1.165, 1.54) is 0 Å². The highest BCUT2D eigenvalue weighted by Crippen LogP contribution is 2.21. The van der Waals surface area contributed by atoms with Gasteiger partial charge in [0.2, 0.25) is 0 Å². The van der Waals surface area contributed by atoms with Gasteiger partial charge < -0.3 is 4.74 Å². The normalized spacial score (nSPS) is 10.8. The summed E-state index contributed by atoms with van der Waals surface area (Å²) < 4.78 is 54.3. The molecule has 1 rings (SSSR count). The third-order valence-electron chi connectivity index (χ3n) is 1.84. The molecule has 1 aromatic rings. The van der Waals surface area contributed by atoms with Gasteiger partial charge in [0.05, 0.1) is 0 Å². The minimum atomic E-state index is -2.66. The highest BCUT2D eigenvalue weighted by atomic mass is 19.3. The van der Waals surface area contributed by atoms with Crippen LogP contribution in [0.1, 0.15) is 12.5 Å². The summed E-state index contributed by atoms with van der Waals surface area (Å²) in [6, 6.07) is 1.81. The van der Waals surface area contributed by atoms with Crippen LogP contribution in [0.4, 0.5) is 17.6 Å². The average molecular weight is 222 g/mol. The number of alkyl halides is 2. The topological polar surface area (TPSA) is 9.23 Å². The second kappa shape index (κ2) is 5.00. The molecule has 0 heterocycles. The monoisotopic (exact) mass is 222 g/mol. The lowest BCUT2D eigenvalue weighted by atomic mass is 10.1. The van der Waals surface area contributed by atoms with Crippen LogP contribution in [0.25, 0.3) is 0 Å². The van der Waals surface area contributed by atoms with Gasteiger partial charge in [-0.2, -0.15) is 0 Å². The Morgan fingerprint density at radius 2 is 1.73 bits per heavy atom. The van der Waals surface area contributed by atoms with Gasteiger partial charge in [0.25, 0.3) is 6.43 Å². The molecule has 1 nitrogen and oxygen atoms in total. The molecule has 0 saturated heterocycles. The lowest BCUT2D eigenvalue weighted by molar-refractivity contribution is 0.0815. The summed E-state index contributed by atoms with van der Waals surface area (Å²) in [6.45, 7) is 0.728. The molecule has 0 aliphatic rings. The first-order valence-corrected chi connectivity index (χ1v) is 4.43. The summed E-state index contributed by atoms with van der Waals surface area (Å²) in [5.41, 5.74) is -0.0700. The van der Waals surface area contributed by atoms with Crippen LogP contribution in [0, 0.1) is 11.6 Å². The Bertz CT molecular complexity index is 315. The van der Waals surface area contributed by atoms with Crippen molar-refractivity contribution in [3.8, 4) is 5.75 Å². The fourth-order valence-electron chi connectivity index (χ4n) is 1.16. The number of halogens is 4. The van der Waals surface area contributed by atoms with Gasteiger partial charge in [-0.1, -0.05) is 6.92 Å². The Hall–Kier alpha value is -1.26. The van der Waals surface area contributed by atoms with Gasteiger partial charge in [0.15, 0.2) is 0 Å². The summed E-state index contributed by atoms with van der Waals surface area (Å²) in [6.07, 6.45) is -2.46. The van der Waals surface area contributed by atoms with Crippen molar-refractivity contribution in [3.05, 3.63) is 29.3 Å². The maximum absolute atomic E-state index is 13.1. The molecule has 0 aliphatic carbocycles. The first-order chi connectivity index (χ1) is 7.04. The van der Waals surface area contributed by atoms with Crippen LogP contribution < -0.4 is 4.74 Å². The predicted molar refractivity (Wildman–Crippen MR) is 47.2 cm³/mol. The predicted octanol–water partition coefficient (Wildman–Crippen LogP) is 3.17. The third kappa shape index (κ3) is 3.11. The average Bonchev–Trinajstić information content (AvgIpc) is 2.14. The van der Waals surface area contributed by atoms with Crippen molar-refractivity contribution < 1.29 is 22.3 Å². The van der Waals surface area contributed by atoms with Crippen molar-refractivity contribution >= 4 is 0 Å². The molecule has 0 aromatic heterocycles. The van der Waals surface area contributed by atoms with Gasteiger partial charge in [-0.15, -0.1) is 0 Å². The van der Waals surface area contributed by atoms with E-state index in [-0.39, 0.29) is 17.7 Å². The molecule has 84 valence electrons. The Labute approximate surface area is 84.7 Å². The Morgan fingerprint density at radius 3 is 2.13 bits per heavy atom. The molecule has 5 heteroatoms. The van der Waals surface area contributed by atoms with E-state index in [9.17, 15) is 17.6 Å². The fourth-order valence-corrected chi connectivity index (χ4v) is 1.16. The smallest absolute Gasteiger partial charge is 0.272 e. The van der Waals surface area contributed by atoms with Gasteiger partial charge in [-0.3, -0.25) is 0 Å². The van der Waals surface area contributed by atoms with Crippen molar-refractivity contribution in [1.82, 2.24) is 0 Å². The molecule has 0 unspecified atom stereocenters. The van der Waals surface area contributed by atoms with Crippen molar-refractivity contribution in [2.24, 2.45) is 0 Å². The second-order valence-corrected chi connectivity index (χ2v) is 2.92. The lowest BCUT2D eigenvalue weighted by Gasteiger charge is -2.08. The SMILES string of the molecule is CCc1c(F)cc(OCC(F)F)cc1F. The highest BCUT2D eigenvalue weighted by molar-refractivity contribution is 5.30. The van der Waals surface area contributed by atoms with E-state index in [4.69, 9.17) is 0 Å². The third-order valence-corrected chi connectivity index (χ3v) is 1.84. The molecule has 0 amide bonds. The van der Waals surface area contributed by atoms with Crippen LogP contribution in [0.15, 0.2) is 12.1 Å². The number of hydrogen-bond donors (Lipinski definition) is 0. The second-order valence-electron chi connectivity index (χ2n) is 2.92. The van der Waals surface area contributed by atoms with E-state index in [1.807, 2.05) is 0 Å². The molecule has 0 aliphatic heterocycles. The first kappa shape index (κ1) is 11.8. The van der Waals surface area contributed by atoms with Crippen molar-refractivity contribution in [1.29, 1.82) is 0 Å². The zero-order chi connectivity index (χ0) is 11.4. The maximum atomic E-state index is 13.1. The minimum absolute atomic E-state index is 0.0700. The number of hydrogen-bond acceptors (Lipinski definition) is 1. The van der Waals surface area contributed by atoms with E-state index in [0.717, 1.165) is 12.1 Å². The lowest BCUT2D eigenvalue weighted by Crippen LogP contribution is -2.08. The van der Waals surface area contributed by atoms with Crippen LogP contribution in [-0.4, -0.2) is 13.0 Å². The van der Waals surface area contributed by atoms with Crippen molar-refractivity contribution in [3.63, 3.8) is 0 Å². The van der Waals surface area contributed by atoms with Crippen LogP contribution in [-0.2, 0) is 6.42 Å². The number of ether oxygens (including phenoxy) is 1. The van der Waals surface area contributed by atoms with Gasteiger partial charge in [-0.25, -0.2) is 17.6 Å². The van der Waals surface area contributed by atoms with Crippen LogP contribution >= 0.6 is 0 Å². The fraction of sp³-hybridized carbons (Fsp3) is 0.400. The van der Waals surface area contributed by atoms with Crippen LogP contribution in [0.2, 0.25) is 0 Å². The molecule has 0 N–H and O–H groups in total. The highest BCUT2D eigenvalue weighted by Gasteiger charge is 2.11. The van der Waals surface area contributed by atoms with E-state index in [0.29, 0.717) is 0 Å². The summed E-state index contributed by atoms with van der Waals surface area (Å²) in [7, 11) is 0. The van der Waals surface area contributed by atoms with Crippen LogP contribution in [0.3, 0.4) is 0 Å². The zero-order valence-electron chi connectivity index (χ0n) is 8.07. The van der Waals surface area contributed by atoms with E-state index in [2.05, 4.69) is 4.74 Å². The van der Waals surface area contributed by atoms with E-state index < -0.39 is 24.7 Å². The van der Waals surface area contributed by atoms with Crippen LogP contribution in [0.5, 0.6) is 5.75 Å². The molecule has 0 radical (unpaired) electrons. The molecule has 1 aromatic carbocycles. The van der Waals surface area contributed by atoms with Gasteiger partial charge in [0, 0.05) is 17.7 Å². The number of rotatable bonds is 4. The van der Waals surface area contributed by atoms with Crippen molar-refractivity contribution in [2.45, 2.75) is 19.8 Å². The molecule has 0 atom stereocenters. The quantitative estimate of drug-likeness (QED) is 0.711. The molecule has 0 spiro atoms. The summed E-state index contributed by atoms with van der Waals surface area (Å²) >= 11 is 0. The zero-order valence-corrected chi connectivity index (χ0v) is 8.07. The summed E-state index contributed by atoms with van der Waals surface area (Å²) in [5.74, 6) is -1.77. The molecule has 15 heavy (non-hydrogen) atoms. The number of benzene rings is 1. The minimum Gasteiger partial charge on any atom is -0.487 e. The maximum Gasteiger partial charge on any atom is 0.272 e. The van der Waals surface area contributed by atoms with Gasteiger partial charge >= 0.3 is 0 Å². The van der Waals surface area contributed by atoms with Gasteiger partial charge in [-0.05, 0) is 6.42 Å². The van der Waals surface area contributed by atoms with Crippen molar-refractivity contribution in [2.75, 3.05) is 6.61 Å². The Morgan fingerprint density at radius 1 is 1.20 bits per heavy atom. The standard InChI is InChI=1S/C10H10F4O/c1-2-7-8(11)3-6(4-9(7)12)15-5-10(13)14/h3-4,10H,2,5H2,1H3. The Kier molecular flexibility index (Phi) is 3.94. The van der Waals surface area contributed by atoms with E-state index >= 15 is 0 Å². The molecular weight excluding hydrogens is 212 g/mol. The molecule has 0 bridgehead atoms. The summed E-state index contributed by atoms with van der Waals surface area (Å²) in [4.78, 5) is 0. The van der Waals surface area contributed by atoms with Gasteiger partial charge in [0.1, 0.15) is 24.0 Å². The molecule has 0 fully saturated rings. The first-order valence-electron chi connectivity index (χ1n) is 4.43. The largest absolute Gasteiger partial charge is 0.487 e.